The van der Waals surface area contributed by atoms with Gasteiger partial charge in [0.15, 0.2) is 19.3 Å². The summed E-state index contributed by atoms with van der Waals surface area (Å²) >= 11 is 3.00. The van der Waals surface area contributed by atoms with Crippen molar-refractivity contribution in [2.45, 2.75) is 17.5 Å². The average Bonchev–Trinajstić information content (AvgIpc) is 2.15. The Bertz CT molecular complexity index is 518. The van der Waals surface area contributed by atoms with Crippen LogP contribution in [0.3, 0.4) is 0 Å². The topological polar surface area (TPSA) is 51.2 Å². The molecule has 0 radical (unpaired) electrons. The summed E-state index contributed by atoms with van der Waals surface area (Å²) in [4.78, 5) is 12.1. The molecule has 0 heterocycles. The molecular formula is C11H13BrO3S. The summed E-state index contributed by atoms with van der Waals surface area (Å²) < 4.78 is 21.5. The van der Waals surface area contributed by atoms with Gasteiger partial charge in [0.05, 0.1) is 0 Å². The lowest BCUT2D eigenvalue weighted by Crippen LogP contribution is -2.37. The van der Waals surface area contributed by atoms with Crippen LogP contribution in [0.5, 0.6) is 0 Å². The second-order valence-electron chi connectivity index (χ2n) is 3.83. The van der Waals surface area contributed by atoms with Gasteiger partial charge in [-0.15, -0.1) is 0 Å². The van der Waals surface area contributed by atoms with E-state index in [0.29, 0.717) is 5.56 Å². The maximum atomic E-state index is 12.1. The molecule has 1 atom stereocenters. The molecule has 5 heteroatoms. The molecule has 88 valence electrons. The lowest BCUT2D eigenvalue weighted by atomic mass is 10.0. The predicted molar refractivity (Wildman–Crippen MR) is 67.7 cm³/mol. The van der Waals surface area contributed by atoms with Gasteiger partial charge in [0.2, 0.25) is 0 Å². The van der Waals surface area contributed by atoms with E-state index in [4.69, 9.17) is 0 Å². The first-order valence-corrected chi connectivity index (χ1v) is 7.35. The maximum Gasteiger partial charge on any atom is 0.194 e. The van der Waals surface area contributed by atoms with Crippen molar-refractivity contribution in [3.8, 4) is 0 Å². The van der Waals surface area contributed by atoms with Crippen LogP contribution in [-0.4, -0.2) is 24.1 Å². The van der Waals surface area contributed by atoms with Crippen LogP contribution in [0.15, 0.2) is 24.3 Å². The Hall–Kier alpha value is -0.680. The van der Waals surface area contributed by atoms with Gasteiger partial charge in [-0.1, -0.05) is 40.2 Å². The lowest BCUT2D eigenvalue weighted by Gasteiger charge is -2.19. The Labute approximate surface area is 104 Å². The minimum atomic E-state index is -3.50. The zero-order chi connectivity index (χ0) is 12.6. The normalized spacial score (nSPS) is 15.5. The number of rotatable bonds is 3. The fourth-order valence-electron chi connectivity index (χ4n) is 1.24. The molecule has 1 aromatic carbocycles. The average molecular weight is 305 g/mol. The lowest BCUT2D eigenvalue weighted by molar-refractivity contribution is 0.0982. The van der Waals surface area contributed by atoms with Crippen LogP contribution in [-0.2, 0) is 9.84 Å². The van der Waals surface area contributed by atoms with E-state index in [-0.39, 0.29) is 0 Å². The summed E-state index contributed by atoms with van der Waals surface area (Å²) in [7, 11) is -3.50. The number of hydrogen-bond acceptors (Lipinski definition) is 3. The fraction of sp³-hybridized carbons (Fsp3) is 0.364. The van der Waals surface area contributed by atoms with E-state index in [0.717, 1.165) is 11.8 Å². The molecule has 0 N–H and O–H groups in total. The number of sulfone groups is 1. The molecule has 0 amide bonds. The van der Waals surface area contributed by atoms with Crippen LogP contribution >= 0.6 is 15.9 Å². The van der Waals surface area contributed by atoms with Crippen molar-refractivity contribution in [1.29, 1.82) is 0 Å². The minimum Gasteiger partial charge on any atom is -0.291 e. The Morgan fingerprint density at radius 1 is 1.31 bits per heavy atom. The smallest absolute Gasteiger partial charge is 0.194 e. The third kappa shape index (κ3) is 2.35. The zero-order valence-electron chi connectivity index (χ0n) is 9.32. The highest BCUT2D eigenvalue weighted by molar-refractivity contribution is 9.12. The molecule has 0 fully saturated rings. The van der Waals surface area contributed by atoms with Crippen molar-refractivity contribution < 1.29 is 13.2 Å². The van der Waals surface area contributed by atoms with Crippen LogP contribution in [0.25, 0.3) is 0 Å². The highest BCUT2D eigenvalue weighted by Gasteiger charge is 2.41. The second kappa shape index (κ2) is 4.30. The molecular weight excluding hydrogens is 292 g/mol. The largest absolute Gasteiger partial charge is 0.291 e. The Balaban J connectivity index is 3.29. The van der Waals surface area contributed by atoms with Crippen LogP contribution in [0.4, 0.5) is 0 Å². The SMILES string of the molecule is Cc1ccccc1C(=O)[C@](C)(Br)S(C)(=O)=O. The number of aryl methyl sites for hydroxylation is 1. The molecule has 3 nitrogen and oxygen atoms in total. The van der Waals surface area contributed by atoms with E-state index < -0.39 is 19.3 Å². The van der Waals surface area contributed by atoms with Crippen LogP contribution < -0.4 is 0 Å². The maximum absolute atomic E-state index is 12.1. The molecule has 0 aliphatic rings. The first-order valence-electron chi connectivity index (χ1n) is 4.67. The monoisotopic (exact) mass is 304 g/mol. The highest BCUT2D eigenvalue weighted by Crippen LogP contribution is 2.29. The van der Waals surface area contributed by atoms with Crippen LogP contribution in [0.2, 0.25) is 0 Å². The van der Waals surface area contributed by atoms with E-state index in [1.54, 1.807) is 31.2 Å². The molecule has 1 rings (SSSR count). The molecule has 0 saturated heterocycles. The van der Waals surface area contributed by atoms with Crippen LogP contribution in [0, 0.1) is 6.92 Å². The third-order valence-electron chi connectivity index (χ3n) is 2.49. The molecule has 0 spiro atoms. The van der Waals surface area contributed by atoms with Gasteiger partial charge in [-0.05, 0) is 19.4 Å². The Morgan fingerprint density at radius 2 is 1.81 bits per heavy atom. The van der Waals surface area contributed by atoms with Crippen molar-refractivity contribution in [1.82, 2.24) is 0 Å². The van der Waals surface area contributed by atoms with Gasteiger partial charge >= 0.3 is 0 Å². The third-order valence-corrected chi connectivity index (χ3v) is 6.19. The van der Waals surface area contributed by atoms with Crippen molar-refractivity contribution in [3.05, 3.63) is 35.4 Å². The number of benzene rings is 1. The molecule has 16 heavy (non-hydrogen) atoms. The van der Waals surface area contributed by atoms with Gasteiger partial charge in [0.25, 0.3) is 0 Å². The van der Waals surface area contributed by atoms with E-state index in [2.05, 4.69) is 15.9 Å². The summed E-state index contributed by atoms with van der Waals surface area (Å²) in [6, 6.07) is 6.92. The van der Waals surface area contributed by atoms with E-state index in [1.807, 2.05) is 0 Å². The molecule has 0 bridgehead atoms. The minimum absolute atomic E-state index is 0.423. The predicted octanol–water partition coefficient (Wildman–Crippen LogP) is 2.33. The van der Waals surface area contributed by atoms with E-state index in [1.165, 1.54) is 6.92 Å². The number of ketones is 1. The Morgan fingerprint density at radius 3 is 2.25 bits per heavy atom. The molecule has 1 aromatic rings. The van der Waals surface area contributed by atoms with Gasteiger partial charge in [0, 0.05) is 11.8 Å². The van der Waals surface area contributed by atoms with Gasteiger partial charge < -0.3 is 0 Å². The van der Waals surface area contributed by atoms with Crippen molar-refractivity contribution in [2.75, 3.05) is 6.26 Å². The van der Waals surface area contributed by atoms with Gasteiger partial charge in [0.1, 0.15) is 0 Å². The van der Waals surface area contributed by atoms with Gasteiger partial charge in [-0.3, -0.25) is 4.79 Å². The first kappa shape index (κ1) is 13.4. The number of Topliss-reactive ketones (excluding diaryl/α,β-unsaturated/α-hetero) is 1. The van der Waals surface area contributed by atoms with Crippen molar-refractivity contribution in [3.63, 3.8) is 0 Å². The zero-order valence-corrected chi connectivity index (χ0v) is 11.7. The highest BCUT2D eigenvalue weighted by atomic mass is 79.9. The standard InChI is InChI=1S/C11H13BrO3S/c1-8-6-4-5-7-9(8)10(13)11(2,12)16(3,14)15/h4-7H,1-3H3/t11-/m1/s1. The number of carbonyl (C=O) groups excluding carboxylic acids is 1. The summed E-state index contributed by atoms with van der Waals surface area (Å²) in [6.07, 6.45) is 1.04. The molecule has 0 saturated carbocycles. The van der Waals surface area contributed by atoms with E-state index in [9.17, 15) is 13.2 Å². The van der Waals surface area contributed by atoms with Gasteiger partial charge in [-0.2, -0.15) is 0 Å². The molecule has 0 aliphatic heterocycles. The fourth-order valence-corrected chi connectivity index (χ4v) is 1.90. The summed E-state index contributed by atoms with van der Waals surface area (Å²) in [5.74, 6) is -0.437. The Kier molecular flexibility index (Phi) is 3.59. The molecule has 0 aromatic heterocycles. The van der Waals surface area contributed by atoms with E-state index >= 15 is 0 Å². The number of alkyl halides is 1. The number of halogens is 1. The van der Waals surface area contributed by atoms with Crippen LogP contribution in [0.1, 0.15) is 22.8 Å². The van der Waals surface area contributed by atoms with Crippen molar-refractivity contribution >= 4 is 31.6 Å². The first-order chi connectivity index (χ1) is 7.18. The quantitative estimate of drug-likeness (QED) is 0.636. The second-order valence-corrected chi connectivity index (χ2v) is 8.30. The van der Waals surface area contributed by atoms with Crippen molar-refractivity contribution in [2.24, 2.45) is 0 Å². The summed E-state index contributed by atoms with van der Waals surface area (Å²) in [6.45, 7) is 3.13. The summed E-state index contributed by atoms with van der Waals surface area (Å²) in [5, 5.41) is 0. The molecule has 0 aliphatic carbocycles. The molecule has 0 unspecified atom stereocenters. The van der Waals surface area contributed by atoms with Gasteiger partial charge in [-0.25, -0.2) is 8.42 Å². The summed E-state index contributed by atoms with van der Waals surface area (Å²) in [5.41, 5.74) is 1.19. The number of carbonyl (C=O) groups is 1. The number of hydrogen-bond donors (Lipinski definition) is 0.